The van der Waals surface area contributed by atoms with Crippen LogP contribution in [0.1, 0.15) is 0 Å². The lowest BCUT2D eigenvalue weighted by atomic mass is 10.3. The molecule has 3 aromatic rings. The zero-order valence-corrected chi connectivity index (χ0v) is 11.4. The molecule has 0 aliphatic rings. The lowest BCUT2D eigenvalue weighted by molar-refractivity contribution is 0.467. The van der Waals surface area contributed by atoms with E-state index in [9.17, 15) is 0 Å². The van der Waals surface area contributed by atoms with Crippen LogP contribution in [0.4, 0.5) is 0 Å². The summed E-state index contributed by atoms with van der Waals surface area (Å²) < 4.78 is 5.58. The van der Waals surface area contributed by atoms with Crippen molar-refractivity contribution in [2.75, 3.05) is 0 Å². The Labute approximate surface area is 118 Å². The van der Waals surface area contributed by atoms with Crippen LogP contribution in [0.5, 0.6) is 0 Å². The van der Waals surface area contributed by atoms with Crippen molar-refractivity contribution in [1.82, 2.24) is 15.2 Å². The third-order valence-corrected chi connectivity index (χ3v) is 4.40. The van der Waals surface area contributed by atoms with Gasteiger partial charge in [-0.3, -0.25) is 4.98 Å². The van der Waals surface area contributed by atoms with Crippen LogP contribution in [-0.2, 0) is 0 Å². The molecule has 0 aliphatic carbocycles. The molecule has 0 atom stereocenters. The standard InChI is InChI=1S/C13H9N3OS2/c1-2-4-11(5-3-1)18-19-13-16-15-12(17-13)10-6-8-14-9-7-10/h1-9H. The van der Waals surface area contributed by atoms with Gasteiger partial charge in [0.2, 0.25) is 5.89 Å². The summed E-state index contributed by atoms with van der Waals surface area (Å²) in [5.74, 6) is 0.513. The number of hydrogen-bond donors (Lipinski definition) is 0. The predicted molar refractivity (Wildman–Crippen MR) is 75.7 cm³/mol. The van der Waals surface area contributed by atoms with Crippen LogP contribution in [0.2, 0.25) is 0 Å². The third-order valence-electron chi connectivity index (χ3n) is 2.29. The Morgan fingerprint density at radius 2 is 1.63 bits per heavy atom. The van der Waals surface area contributed by atoms with E-state index in [0.29, 0.717) is 11.1 Å². The highest BCUT2D eigenvalue weighted by Crippen LogP contribution is 2.37. The van der Waals surface area contributed by atoms with Gasteiger partial charge in [0.05, 0.1) is 0 Å². The lowest BCUT2D eigenvalue weighted by Crippen LogP contribution is -1.77. The first kappa shape index (κ1) is 12.3. The van der Waals surface area contributed by atoms with Crippen LogP contribution in [0.3, 0.4) is 0 Å². The highest BCUT2D eigenvalue weighted by Gasteiger charge is 2.09. The van der Waals surface area contributed by atoms with Crippen LogP contribution < -0.4 is 0 Å². The van der Waals surface area contributed by atoms with Gasteiger partial charge in [0.1, 0.15) is 0 Å². The summed E-state index contributed by atoms with van der Waals surface area (Å²) in [6.45, 7) is 0. The molecule has 0 radical (unpaired) electrons. The number of aromatic nitrogens is 3. The fourth-order valence-electron chi connectivity index (χ4n) is 1.41. The smallest absolute Gasteiger partial charge is 0.288 e. The highest BCUT2D eigenvalue weighted by molar-refractivity contribution is 8.76. The number of nitrogens with zero attached hydrogens (tertiary/aromatic N) is 3. The van der Waals surface area contributed by atoms with E-state index in [1.807, 2.05) is 42.5 Å². The number of hydrogen-bond acceptors (Lipinski definition) is 6. The molecule has 19 heavy (non-hydrogen) atoms. The molecule has 0 saturated heterocycles. The summed E-state index contributed by atoms with van der Waals surface area (Å²) in [6.07, 6.45) is 3.40. The normalized spacial score (nSPS) is 10.5. The van der Waals surface area contributed by atoms with Crippen molar-refractivity contribution in [2.24, 2.45) is 0 Å². The molecule has 0 unspecified atom stereocenters. The molecule has 2 heterocycles. The zero-order valence-electron chi connectivity index (χ0n) is 9.76. The summed E-state index contributed by atoms with van der Waals surface area (Å²) in [5.41, 5.74) is 0.874. The lowest BCUT2D eigenvalue weighted by Gasteiger charge is -1.95. The summed E-state index contributed by atoms with van der Waals surface area (Å²) in [7, 11) is 3.04. The van der Waals surface area contributed by atoms with Gasteiger partial charge in [-0.05, 0) is 35.1 Å². The van der Waals surface area contributed by atoms with Crippen molar-refractivity contribution in [2.45, 2.75) is 10.1 Å². The monoisotopic (exact) mass is 287 g/mol. The molecule has 0 fully saturated rings. The van der Waals surface area contributed by atoms with Crippen molar-refractivity contribution in [3.05, 3.63) is 54.9 Å². The van der Waals surface area contributed by atoms with Crippen molar-refractivity contribution in [3.63, 3.8) is 0 Å². The van der Waals surface area contributed by atoms with Crippen LogP contribution in [0.15, 0.2) is 69.4 Å². The number of benzene rings is 1. The molecule has 0 amide bonds. The Bertz CT molecular complexity index is 643. The van der Waals surface area contributed by atoms with E-state index >= 15 is 0 Å². The molecule has 1 aromatic carbocycles. The van der Waals surface area contributed by atoms with Crippen molar-refractivity contribution < 1.29 is 4.42 Å². The second-order valence-corrected chi connectivity index (χ2v) is 5.74. The zero-order chi connectivity index (χ0) is 12.9. The second-order valence-electron chi connectivity index (χ2n) is 3.59. The van der Waals surface area contributed by atoms with Gasteiger partial charge in [-0.15, -0.1) is 5.10 Å². The molecule has 6 heteroatoms. The van der Waals surface area contributed by atoms with E-state index in [1.54, 1.807) is 23.2 Å². The van der Waals surface area contributed by atoms with Crippen LogP contribution in [-0.4, -0.2) is 15.2 Å². The molecule has 0 N–H and O–H groups in total. The molecule has 2 aromatic heterocycles. The summed E-state index contributed by atoms with van der Waals surface area (Å²) in [4.78, 5) is 5.10. The van der Waals surface area contributed by atoms with Gasteiger partial charge in [0, 0.05) is 33.6 Å². The van der Waals surface area contributed by atoms with E-state index < -0.39 is 0 Å². The molecule has 94 valence electrons. The van der Waals surface area contributed by atoms with Gasteiger partial charge in [0.25, 0.3) is 5.22 Å². The maximum absolute atomic E-state index is 5.58. The van der Waals surface area contributed by atoms with Crippen molar-refractivity contribution in [1.29, 1.82) is 0 Å². The first-order chi connectivity index (χ1) is 9.42. The molecule has 4 nitrogen and oxygen atoms in total. The molecule has 0 saturated carbocycles. The minimum absolute atomic E-state index is 0.513. The Hall–Kier alpha value is -1.79. The molecule has 0 aliphatic heterocycles. The van der Waals surface area contributed by atoms with Gasteiger partial charge in [-0.1, -0.05) is 23.3 Å². The van der Waals surface area contributed by atoms with Gasteiger partial charge in [0.15, 0.2) is 0 Å². The van der Waals surface area contributed by atoms with E-state index in [-0.39, 0.29) is 0 Å². The van der Waals surface area contributed by atoms with Gasteiger partial charge in [-0.25, -0.2) is 0 Å². The quantitative estimate of drug-likeness (QED) is 0.678. The topological polar surface area (TPSA) is 51.8 Å². The van der Waals surface area contributed by atoms with E-state index in [2.05, 4.69) is 15.2 Å². The summed E-state index contributed by atoms with van der Waals surface area (Å²) in [5, 5.41) is 8.58. The predicted octanol–water partition coefficient (Wildman–Crippen LogP) is 3.93. The Kier molecular flexibility index (Phi) is 3.81. The molecule has 0 spiro atoms. The Balaban J connectivity index is 1.69. The molecular formula is C13H9N3OS2. The van der Waals surface area contributed by atoms with Gasteiger partial charge in [-0.2, -0.15) is 0 Å². The minimum Gasteiger partial charge on any atom is -0.411 e. The van der Waals surface area contributed by atoms with Crippen LogP contribution in [0, 0.1) is 0 Å². The molecule has 3 rings (SSSR count). The number of pyridine rings is 1. The third kappa shape index (κ3) is 3.15. The Morgan fingerprint density at radius 3 is 2.42 bits per heavy atom. The maximum atomic E-state index is 5.58. The second kappa shape index (κ2) is 5.90. The maximum Gasteiger partial charge on any atom is 0.288 e. The molecular weight excluding hydrogens is 278 g/mol. The van der Waals surface area contributed by atoms with Gasteiger partial charge >= 0.3 is 0 Å². The Morgan fingerprint density at radius 1 is 0.842 bits per heavy atom. The fourth-order valence-corrected chi connectivity index (χ4v) is 3.08. The van der Waals surface area contributed by atoms with Crippen molar-refractivity contribution in [3.8, 4) is 11.5 Å². The average molecular weight is 287 g/mol. The van der Waals surface area contributed by atoms with Gasteiger partial charge < -0.3 is 4.42 Å². The summed E-state index contributed by atoms with van der Waals surface area (Å²) >= 11 is 0. The van der Waals surface area contributed by atoms with Crippen molar-refractivity contribution >= 4 is 21.6 Å². The minimum atomic E-state index is 0.513. The average Bonchev–Trinajstić information content (AvgIpc) is 2.96. The fraction of sp³-hybridized carbons (Fsp3) is 0. The largest absolute Gasteiger partial charge is 0.411 e. The SMILES string of the molecule is c1ccc(SSc2nnc(-c3ccncc3)o2)cc1. The van der Waals surface area contributed by atoms with Crippen LogP contribution >= 0.6 is 21.6 Å². The van der Waals surface area contributed by atoms with E-state index in [1.165, 1.54) is 10.8 Å². The molecule has 0 bridgehead atoms. The number of rotatable bonds is 4. The summed E-state index contributed by atoms with van der Waals surface area (Å²) in [6, 6.07) is 13.7. The van der Waals surface area contributed by atoms with E-state index in [0.717, 1.165) is 10.5 Å². The first-order valence-electron chi connectivity index (χ1n) is 5.55. The van der Waals surface area contributed by atoms with E-state index in [4.69, 9.17) is 4.42 Å². The highest BCUT2D eigenvalue weighted by atomic mass is 33.1. The van der Waals surface area contributed by atoms with Crippen LogP contribution in [0.25, 0.3) is 11.5 Å². The first-order valence-corrected chi connectivity index (χ1v) is 7.70.